The van der Waals surface area contributed by atoms with Gasteiger partial charge >= 0.3 is 0 Å². The topological polar surface area (TPSA) is 69.8 Å². The maximum absolute atomic E-state index is 12.7. The number of benzene rings is 2. The molecule has 0 aliphatic rings. The minimum absolute atomic E-state index is 0.0435. The fraction of sp³-hybridized carbons (Fsp3) is 0.333. The summed E-state index contributed by atoms with van der Waals surface area (Å²) in [5.74, 6) is 2.07. The van der Waals surface area contributed by atoms with Crippen LogP contribution in [0, 0.1) is 13.8 Å². The predicted molar refractivity (Wildman–Crippen MR) is 122 cm³/mol. The molecule has 0 saturated heterocycles. The fourth-order valence-corrected chi connectivity index (χ4v) is 3.41. The Labute approximate surface area is 183 Å². The van der Waals surface area contributed by atoms with Crippen molar-refractivity contribution in [2.45, 2.75) is 20.3 Å². The van der Waals surface area contributed by atoms with E-state index in [2.05, 4.69) is 10.4 Å². The first-order valence-electron chi connectivity index (χ1n) is 10.4. The largest absolute Gasteiger partial charge is 0.493 e. The molecular weight excluding hydrogens is 392 g/mol. The molecule has 164 valence electrons. The number of nitrogens with one attached hydrogen (secondary N) is 2. The van der Waals surface area contributed by atoms with Crippen LogP contribution in [0.1, 0.15) is 16.8 Å². The molecule has 0 fully saturated rings. The smallest absolute Gasteiger partial charge is 0.280 e. The summed E-state index contributed by atoms with van der Waals surface area (Å²) in [7, 11) is 5.27. The summed E-state index contributed by atoms with van der Waals surface area (Å²) in [6, 6.07) is 15.9. The number of likely N-dealkylation sites (N-methyl/N-ethyl adjacent to an activating group) is 1. The molecule has 0 aliphatic heterocycles. The SMILES string of the molecule is COc1ccc(CC[NH+](C)CC(=O)Nc2cc(C)nn2-c2ccc(C)cc2)cc1OC. The Hall–Kier alpha value is -3.32. The number of nitrogens with zero attached hydrogens (tertiary/aromatic N) is 2. The maximum atomic E-state index is 12.7. The highest BCUT2D eigenvalue weighted by Gasteiger charge is 2.15. The van der Waals surface area contributed by atoms with Crippen molar-refractivity contribution in [3.05, 3.63) is 65.4 Å². The Morgan fingerprint density at radius 1 is 1.03 bits per heavy atom. The van der Waals surface area contributed by atoms with Gasteiger partial charge in [-0.25, -0.2) is 4.68 Å². The van der Waals surface area contributed by atoms with Crippen LogP contribution < -0.4 is 19.7 Å². The van der Waals surface area contributed by atoms with Gasteiger partial charge in [0.2, 0.25) is 0 Å². The van der Waals surface area contributed by atoms with Crippen LogP contribution in [-0.2, 0) is 11.2 Å². The quantitative estimate of drug-likeness (QED) is 0.554. The number of ether oxygens (including phenoxy) is 2. The van der Waals surface area contributed by atoms with Crippen molar-refractivity contribution in [2.75, 3.05) is 39.7 Å². The normalized spacial score (nSPS) is 11.8. The van der Waals surface area contributed by atoms with E-state index in [-0.39, 0.29) is 5.91 Å². The predicted octanol–water partition coefficient (Wildman–Crippen LogP) is 2.20. The molecule has 1 amide bonds. The van der Waals surface area contributed by atoms with Crippen molar-refractivity contribution >= 4 is 11.7 Å². The van der Waals surface area contributed by atoms with Gasteiger partial charge < -0.3 is 19.7 Å². The van der Waals surface area contributed by atoms with Crippen LogP contribution >= 0.6 is 0 Å². The summed E-state index contributed by atoms with van der Waals surface area (Å²) in [5, 5.41) is 7.53. The lowest BCUT2D eigenvalue weighted by atomic mass is 10.1. The van der Waals surface area contributed by atoms with Crippen molar-refractivity contribution < 1.29 is 19.2 Å². The average Bonchev–Trinajstić information content (AvgIpc) is 3.12. The number of amides is 1. The lowest BCUT2D eigenvalue weighted by molar-refractivity contribution is -0.870. The summed E-state index contributed by atoms with van der Waals surface area (Å²) >= 11 is 0. The van der Waals surface area contributed by atoms with Gasteiger partial charge in [0.05, 0.1) is 39.2 Å². The lowest BCUT2D eigenvalue weighted by Crippen LogP contribution is -3.10. The first kappa shape index (κ1) is 22.4. The molecule has 0 spiro atoms. The molecule has 31 heavy (non-hydrogen) atoms. The van der Waals surface area contributed by atoms with Gasteiger partial charge in [0.25, 0.3) is 5.91 Å². The van der Waals surface area contributed by atoms with Crippen molar-refractivity contribution in [3.8, 4) is 17.2 Å². The van der Waals surface area contributed by atoms with E-state index in [4.69, 9.17) is 9.47 Å². The van der Waals surface area contributed by atoms with Gasteiger partial charge in [-0.3, -0.25) is 4.79 Å². The molecule has 0 bridgehead atoms. The Kier molecular flexibility index (Phi) is 7.31. The Balaban J connectivity index is 1.58. The number of hydrogen-bond donors (Lipinski definition) is 2. The van der Waals surface area contributed by atoms with E-state index in [0.717, 1.165) is 40.6 Å². The minimum Gasteiger partial charge on any atom is -0.493 e. The number of aryl methyl sites for hydroxylation is 2. The van der Waals surface area contributed by atoms with Crippen molar-refractivity contribution in [3.63, 3.8) is 0 Å². The van der Waals surface area contributed by atoms with Crippen molar-refractivity contribution in [1.29, 1.82) is 0 Å². The second kappa shape index (κ2) is 10.1. The van der Waals surface area contributed by atoms with Gasteiger partial charge in [0.1, 0.15) is 5.82 Å². The molecule has 7 nitrogen and oxygen atoms in total. The molecule has 2 aromatic carbocycles. The van der Waals surface area contributed by atoms with Crippen LogP contribution in [0.3, 0.4) is 0 Å². The number of rotatable bonds is 9. The molecule has 0 saturated carbocycles. The van der Waals surface area contributed by atoms with E-state index >= 15 is 0 Å². The summed E-state index contributed by atoms with van der Waals surface area (Å²) in [4.78, 5) is 13.8. The third-order valence-corrected chi connectivity index (χ3v) is 5.13. The standard InChI is InChI=1S/C24H30N4O3/c1-17-6-9-20(10-7-17)28-23(14-18(2)26-28)25-24(29)16-27(3)13-12-19-8-11-21(30-4)22(15-19)31-5/h6-11,14-15H,12-13,16H2,1-5H3,(H,25,29)/p+1. The highest BCUT2D eigenvalue weighted by Crippen LogP contribution is 2.27. The molecule has 1 aromatic heterocycles. The number of aromatic nitrogens is 2. The summed E-state index contributed by atoms with van der Waals surface area (Å²) in [6.07, 6.45) is 0.833. The van der Waals surface area contributed by atoms with E-state index in [9.17, 15) is 4.79 Å². The average molecular weight is 424 g/mol. The zero-order chi connectivity index (χ0) is 22.4. The molecule has 1 unspecified atom stereocenters. The van der Waals surface area contributed by atoms with Crippen molar-refractivity contribution in [1.82, 2.24) is 9.78 Å². The third kappa shape index (κ3) is 5.86. The van der Waals surface area contributed by atoms with Gasteiger partial charge in [-0.1, -0.05) is 23.8 Å². The first-order chi connectivity index (χ1) is 14.9. The first-order valence-corrected chi connectivity index (χ1v) is 10.4. The molecule has 2 N–H and O–H groups in total. The molecular formula is C24H31N4O3+. The molecule has 1 atom stereocenters. The zero-order valence-electron chi connectivity index (χ0n) is 18.9. The fourth-order valence-electron chi connectivity index (χ4n) is 3.41. The molecule has 3 aromatic rings. The van der Waals surface area contributed by atoms with E-state index < -0.39 is 0 Å². The lowest BCUT2D eigenvalue weighted by Gasteiger charge is -2.15. The summed E-state index contributed by atoms with van der Waals surface area (Å²) in [5.41, 5.74) is 4.09. The highest BCUT2D eigenvalue weighted by atomic mass is 16.5. The van der Waals surface area contributed by atoms with Crippen LogP contribution in [0.15, 0.2) is 48.5 Å². The third-order valence-electron chi connectivity index (χ3n) is 5.13. The molecule has 7 heteroatoms. The summed E-state index contributed by atoms with van der Waals surface area (Å²) in [6.45, 7) is 5.15. The number of quaternary nitrogens is 1. The van der Waals surface area contributed by atoms with Gasteiger partial charge in [-0.05, 0) is 43.7 Å². The number of methoxy groups -OCH3 is 2. The van der Waals surface area contributed by atoms with Crippen LogP contribution in [0.2, 0.25) is 0 Å². The van der Waals surface area contributed by atoms with Crippen LogP contribution in [0.4, 0.5) is 5.82 Å². The molecule has 0 aliphatic carbocycles. The molecule has 1 heterocycles. The van der Waals surface area contributed by atoms with Crippen LogP contribution in [0.25, 0.3) is 5.69 Å². The Bertz CT molecular complexity index is 1030. The van der Waals surface area contributed by atoms with Crippen LogP contribution in [-0.4, -0.2) is 50.0 Å². The number of anilines is 1. The second-order valence-corrected chi connectivity index (χ2v) is 7.79. The van der Waals surface area contributed by atoms with Gasteiger partial charge in [-0.15, -0.1) is 0 Å². The minimum atomic E-state index is -0.0435. The van der Waals surface area contributed by atoms with Crippen LogP contribution in [0.5, 0.6) is 11.5 Å². The number of hydrogen-bond acceptors (Lipinski definition) is 4. The molecule has 0 radical (unpaired) electrons. The monoisotopic (exact) mass is 423 g/mol. The van der Waals surface area contributed by atoms with E-state index in [0.29, 0.717) is 18.1 Å². The number of carbonyl (C=O) groups excluding carboxylic acids is 1. The van der Waals surface area contributed by atoms with E-state index in [1.165, 1.54) is 5.56 Å². The summed E-state index contributed by atoms with van der Waals surface area (Å²) < 4.78 is 12.4. The zero-order valence-corrected chi connectivity index (χ0v) is 18.9. The molecule has 3 rings (SSSR count). The maximum Gasteiger partial charge on any atom is 0.280 e. The van der Waals surface area contributed by atoms with Gasteiger partial charge in [-0.2, -0.15) is 5.10 Å². The van der Waals surface area contributed by atoms with E-state index in [1.54, 1.807) is 18.9 Å². The second-order valence-electron chi connectivity index (χ2n) is 7.79. The number of carbonyl (C=O) groups is 1. The van der Waals surface area contributed by atoms with Gasteiger partial charge in [0, 0.05) is 12.5 Å². The highest BCUT2D eigenvalue weighted by molar-refractivity contribution is 5.91. The Morgan fingerprint density at radius 3 is 2.42 bits per heavy atom. The van der Waals surface area contributed by atoms with E-state index in [1.807, 2.05) is 69.4 Å². The van der Waals surface area contributed by atoms with Crippen molar-refractivity contribution in [2.24, 2.45) is 0 Å². The Morgan fingerprint density at radius 2 is 1.74 bits per heavy atom. The van der Waals surface area contributed by atoms with Gasteiger partial charge in [0.15, 0.2) is 18.0 Å².